The van der Waals surface area contributed by atoms with E-state index in [9.17, 15) is 4.79 Å². The van der Waals surface area contributed by atoms with Crippen LogP contribution in [-0.4, -0.2) is 40.9 Å². The zero-order valence-electron chi connectivity index (χ0n) is 12.4. The normalized spacial score (nSPS) is 19.8. The van der Waals surface area contributed by atoms with Gasteiger partial charge in [-0.2, -0.15) is 5.10 Å². The molecular weight excluding hydrogens is 276 g/mol. The number of hydrogen-bond donors (Lipinski definition) is 1. The Balaban J connectivity index is 2.00. The van der Waals surface area contributed by atoms with Crippen molar-refractivity contribution in [3.8, 4) is 0 Å². The zero-order chi connectivity index (χ0) is 14.7. The molecule has 1 N–H and O–H groups in total. The van der Waals surface area contributed by atoms with E-state index in [-0.39, 0.29) is 16.6 Å². The van der Waals surface area contributed by atoms with Gasteiger partial charge in [-0.25, -0.2) is 4.68 Å². The van der Waals surface area contributed by atoms with Crippen LogP contribution in [0.4, 0.5) is 5.69 Å². The van der Waals surface area contributed by atoms with Crippen molar-refractivity contribution in [2.24, 2.45) is 5.92 Å². The summed E-state index contributed by atoms with van der Waals surface area (Å²) >= 11 is 6.14. The van der Waals surface area contributed by atoms with Gasteiger partial charge < -0.3 is 10.2 Å². The van der Waals surface area contributed by atoms with Crippen LogP contribution in [0, 0.1) is 5.92 Å². The highest BCUT2D eigenvalue weighted by Gasteiger charge is 2.21. The fourth-order valence-corrected chi connectivity index (χ4v) is 2.76. The molecule has 0 bridgehead atoms. The van der Waals surface area contributed by atoms with Crippen LogP contribution in [0.5, 0.6) is 0 Å². The molecule has 6 heteroatoms. The number of rotatable bonds is 5. The van der Waals surface area contributed by atoms with Crippen molar-refractivity contribution < 1.29 is 0 Å². The number of nitrogens with zero attached hydrogens (tertiary/aromatic N) is 3. The third-order valence-corrected chi connectivity index (χ3v) is 4.20. The first-order chi connectivity index (χ1) is 9.52. The van der Waals surface area contributed by atoms with E-state index in [1.165, 1.54) is 11.1 Å². The van der Waals surface area contributed by atoms with Crippen LogP contribution in [0.1, 0.15) is 33.2 Å². The standard InChI is InChI=1S/C14H23ClN4O/c1-4-18-6-5-11(9-18)7-16-12-8-17-19(10(2)3)14(20)13(12)15/h8,10-11,16H,4-7,9H2,1-3H3. The van der Waals surface area contributed by atoms with Gasteiger partial charge in [0.2, 0.25) is 0 Å². The van der Waals surface area contributed by atoms with E-state index in [0.29, 0.717) is 11.6 Å². The summed E-state index contributed by atoms with van der Waals surface area (Å²) in [6.07, 6.45) is 2.84. The predicted molar refractivity (Wildman–Crippen MR) is 82.6 cm³/mol. The number of nitrogens with one attached hydrogen (secondary N) is 1. The summed E-state index contributed by atoms with van der Waals surface area (Å²) < 4.78 is 1.40. The Morgan fingerprint density at radius 1 is 1.55 bits per heavy atom. The average Bonchev–Trinajstić information content (AvgIpc) is 2.88. The van der Waals surface area contributed by atoms with Gasteiger partial charge in [-0.1, -0.05) is 18.5 Å². The zero-order valence-corrected chi connectivity index (χ0v) is 13.2. The van der Waals surface area contributed by atoms with E-state index < -0.39 is 0 Å². The van der Waals surface area contributed by atoms with Gasteiger partial charge in [0.15, 0.2) is 0 Å². The molecule has 1 aliphatic rings. The fourth-order valence-electron chi connectivity index (χ4n) is 2.56. The Hall–Kier alpha value is -1.07. The highest BCUT2D eigenvalue weighted by Crippen LogP contribution is 2.20. The number of halogens is 1. The SMILES string of the molecule is CCN1CCC(CNc2cnn(C(C)C)c(=O)c2Cl)C1. The van der Waals surface area contributed by atoms with Crippen molar-refractivity contribution >= 4 is 17.3 Å². The maximum Gasteiger partial charge on any atom is 0.287 e. The van der Waals surface area contributed by atoms with Crippen molar-refractivity contribution in [2.75, 3.05) is 31.5 Å². The van der Waals surface area contributed by atoms with Crippen molar-refractivity contribution in [1.82, 2.24) is 14.7 Å². The smallest absolute Gasteiger partial charge is 0.287 e. The molecule has 1 saturated heterocycles. The van der Waals surface area contributed by atoms with Crippen LogP contribution in [0.15, 0.2) is 11.0 Å². The summed E-state index contributed by atoms with van der Waals surface area (Å²) in [5.41, 5.74) is 0.414. The summed E-state index contributed by atoms with van der Waals surface area (Å²) in [6, 6.07) is 0.0157. The van der Waals surface area contributed by atoms with E-state index in [2.05, 4.69) is 22.2 Å². The maximum atomic E-state index is 12.0. The molecule has 2 rings (SSSR count). The molecule has 112 valence electrons. The van der Waals surface area contributed by atoms with Crippen molar-refractivity contribution in [3.63, 3.8) is 0 Å². The van der Waals surface area contributed by atoms with Crippen LogP contribution in [0.25, 0.3) is 0 Å². The summed E-state index contributed by atoms with van der Waals surface area (Å²) in [5, 5.41) is 7.67. The van der Waals surface area contributed by atoms with Crippen LogP contribution < -0.4 is 10.9 Å². The molecule has 1 aliphatic heterocycles. The molecule has 0 aliphatic carbocycles. The third kappa shape index (κ3) is 3.33. The first-order valence-electron chi connectivity index (χ1n) is 7.26. The second-order valence-corrected chi connectivity index (χ2v) is 6.02. The van der Waals surface area contributed by atoms with Gasteiger partial charge in [-0.3, -0.25) is 4.79 Å². The van der Waals surface area contributed by atoms with Crippen LogP contribution in [0.3, 0.4) is 0 Å². The van der Waals surface area contributed by atoms with Crippen LogP contribution in [-0.2, 0) is 0 Å². The Labute approximate surface area is 124 Å². The van der Waals surface area contributed by atoms with Gasteiger partial charge in [0, 0.05) is 13.1 Å². The predicted octanol–water partition coefficient (Wildman–Crippen LogP) is 2.23. The lowest BCUT2D eigenvalue weighted by atomic mass is 10.1. The molecule has 0 aromatic carbocycles. The van der Waals surface area contributed by atoms with E-state index in [1.54, 1.807) is 6.20 Å². The highest BCUT2D eigenvalue weighted by atomic mass is 35.5. The van der Waals surface area contributed by atoms with Gasteiger partial charge in [-0.05, 0) is 39.3 Å². The highest BCUT2D eigenvalue weighted by molar-refractivity contribution is 6.32. The van der Waals surface area contributed by atoms with Crippen LogP contribution >= 0.6 is 11.6 Å². The second kappa shape index (κ2) is 6.59. The maximum absolute atomic E-state index is 12.0. The van der Waals surface area contributed by atoms with E-state index in [0.717, 1.165) is 26.2 Å². The van der Waals surface area contributed by atoms with Crippen molar-refractivity contribution in [1.29, 1.82) is 0 Å². The number of anilines is 1. The Morgan fingerprint density at radius 3 is 2.90 bits per heavy atom. The lowest BCUT2D eigenvalue weighted by Crippen LogP contribution is -2.27. The van der Waals surface area contributed by atoms with E-state index >= 15 is 0 Å². The molecule has 0 amide bonds. The second-order valence-electron chi connectivity index (χ2n) is 5.64. The van der Waals surface area contributed by atoms with Crippen molar-refractivity contribution in [2.45, 2.75) is 33.2 Å². The molecule has 1 aromatic heterocycles. The van der Waals surface area contributed by atoms with Crippen LogP contribution in [0.2, 0.25) is 5.02 Å². The average molecular weight is 299 g/mol. The van der Waals surface area contributed by atoms with E-state index in [4.69, 9.17) is 11.6 Å². The summed E-state index contributed by atoms with van der Waals surface area (Å²) in [5.74, 6) is 0.610. The number of likely N-dealkylation sites (tertiary alicyclic amines) is 1. The summed E-state index contributed by atoms with van der Waals surface area (Å²) in [7, 11) is 0. The minimum Gasteiger partial charge on any atom is -0.382 e. The molecule has 2 heterocycles. The van der Waals surface area contributed by atoms with Gasteiger partial charge in [0.25, 0.3) is 5.56 Å². The summed E-state index contributed by atoms with van der Waals surface area (Å²) in [4.78, 5) is 14.5. The van der Waals surface area contributed by atoms with E-state index in [1.807, 2.05) is 13.8 Å². The number of hydrogen-bond acceptors (Lipinski definition) is 4. The van der Waals surface area contributed by atoms with Gasteiger partial charge in [-0.15, -0.1) is 0 Å². The first kappa shape index (κ1) is 15.3. The van der Waals surface area contributed by atoms with Gasteiger partial charge in [0.1, 0.15) is 5.02 Å². The minimum absolute atomic E-state index is 0.0157. The molecule has 1 aromatic rings. The molecule has 0 spiro atoms. The Bertz CT molecular complexity index is 514. The molecule has 0 saturated carbocycles. The molecule has 20 heavy (non-hydrogen) atoms. The quantitative estimate of drug-likeness (QED) is 0.906. The molecular formula is C14H23ClN4O. The fraction of sp³-hybridized carbons (Fsp3) is 0.714. The Kier molecular flexibility index (Phi) is 5.05. The lowest BCUT2D eigenvalue weighted by Gasteiger charge is -2.16. The molecule has 1 unspecified atom stereocenters. The lowest BCUT2D eigenvalue weighted by molar-refractivity contribution is 0.345. The third-order valence-electron chi connectivity index (χ3n) is 3.83. The van der Waals surface area contributed by atoms with Gasteiger partial charge >= 0.3 is 0 Å². The van der Waals surface area contributed by atoms with Crippen molar-refractivity contribution in [3.05, 3.63) is 21.6 Å². The molecule has 0 radical (unpaired) electrons. The number of aromatic nitrogens is 2. The monoisotopic (exact) mass is 298 g/mol. The molecule has 1 fully saturated rings. The minimum atomic E-state index is -0.228. The molecule has 5 nitrogen and oxygen atoms in total. The Morgan fingerprint density at radius 2 is 2.30 bits per heavy atom. The largest absolute Gasteiger partial charge is 0.382 e. The topological polar surface area (TPSA) is 50.2 Å². The summed E-state index contributed by atoms with van der Waals surface area (Å²) in [6.45, 7) is 10.2. The first-order valence-corrected chi connectivity index (χ1v) is 7.64. The van der Waals surface area contributed by atoms with Gasteiger partial charge in [0.05, 0.1) is 17.9 Å². The molecule has 1 atom stereocenters.